The van der Waals surface area contributed by atoms with Crippen molar-refractivity contribution in [3.63, 3.8) is 0 Å². The van der Waals surface area contributed by atoms with Gasteiger partial charge in [-0.2, -0.15) is 0 Å². The molecular formula is C17H18N2O2S. The number of anilines is 1. The number of piperidine rings is 1. The number of nitrogens with one attached hydrogen (secondary N) is 1. The second-order valence-electron chi connectivity index (χ2n) is 5.42. The molecule has 5 heteroatoms. The molecule has 4 nitrogen and oxygen atoms in total. The van der Waals surface area contributed by atoms with Gasteiger partial charge in [-0.3, -0.25) is 9.59 Å². The number of para-hydroxylation sites is 1. The number of carbonyl (C=O) groups is 2. The summed E-state index contributed by atoms with van der Waals surface area (Å²) in [7, 11) is 0. The summed E-state index contributed by atoms with van der Waals surface area (Å²) in [4.78, 5) is 27.3. The number of hydrogen-bond donors (Lipinski definition) is 1. The van der Waals surface area contributed by atoms with Gasteiger partial charge in [0.05, 0.1) is 10.8 Å². The highest BCUT2D eigenvalue weighted by atomic mass is 32.1. The lowest BCUT2D eigenvalue weighted by molar-refractivity contribution is -0.121. The SMILES string of the molecule is O=C(Nc1ccccc1)[C@H]1CCCN(C(=O)c2cccs2)C1. The number of amides is 2. The lowest BCUT2D eigenvalue weighted by Gasteiger charge is -2.31. The van der Waals surface area contributed by atoms with Crippen molar-refractivity contribution < 1.29 is 9.59 Å². The Balaban J connectivity index is 1.63. The molecule has 2 amide bonds. The third-order valence-corrected chi connectivity index (χ3v) is 4.71. The highest BCUT2D eigenvalue weighted by Gasteiger charge is 2.29. The molecule has 0 saturated carbocycles. The van der Waals surface area contributed by atoms with Crippen LogP contribution in [0.3, 0.4) is 0 Å². The summed E-state index contributed by atoms with van der Waals surface area (Å²) in [5.74, 6) is -0.111. The topological polar surface area (TPSA) is 49.4 Å². The lowest BCUT2D eigenvalue weighted by Crippen LogP contribution is -2.43. The zero-order valence-electron chi connectivity index (χ0n) is 12.2. The highest BCUT2D eigenvalue weighted by molar-refractivity contribution is 7.12. The second-order valence-corrected chi connectivity index (χ2v) is 6.37. The first-order valence-corrected chi connectivity index (χ1v) is 8.30. The third kappa shape index (κ3) is 3.36. The third-order valence-electron chi connectivity index (χ3n) is 3.85. The molecule has 22 heavy (non-hydrogen) atoms. The van der Waals surface area contributed by atoms with Crippen LogP contribution in [0.2, 0.25) is 0 Å². The summed E-state index contributed by atoms with van der Waals surface area (Å²) in [5, 5.41) is 4.83. The number of nitrogens with zero attached hydrogens (tertiary/aromatic N) is 1. The Bertz CT molecular complexity index is 640. The molecule has 0 spiro atoms. The van der Waals surface area contributed by atoms with Crippen molar-refractivity contribution in [3.8, 4) is 0 Å². The van der Waals surface area contributed by atoms with Crippen molar-refractivity contribution in [1.82, 2.24) is 4.90 Å². The van der Waals surface area contributed by atoms with E-state index in [1.54, 1.807) is 4.90 Å². The molecule has 1 fully saturated rings. The Morgan fingerprint density at radius 1 is 1.14 bits per heavy atom. The Labute approximate surface area is 133 Å². The normalized spacial score (nSPS) is 18.0. The van der Waals surface area contributed by atoms with Crippen molar-refractivity contribution in [2.24, 2.45) is 5.92 Å². The summed E-state index contributed by atoms with van der Waals surface area (Å²) in [6.07, 6.45) is 1.69. The van der Waals surface area contributed by atoms with Crippen LogP contribution in [0.25, 0.3) is 0 Å². The van der Waals surface area contributed by atoms with Gasteiger partial charge in [0.15, 0.2) is 0 Å². The molecule has 3 rings (SSSR count). The van der Waals surface area contributed by atoms with Gasteiger partial charge in [-0.25, -0.2) is 0 Å². The molecule has 1 atom stereocenters. The van der Waals surface area contributed by atoms with Crippen LogP contribution in [-0.2, 0) is 4.79 Å². The standard InChI is InChI=1S/C17H18N2O2S/c20-16(18-14-7-2-1-3-8-14)13-6-4-10-19(12-13)17(21)15-9-5-11-22-15/h1-3,5,7-9,11,13H,4,6,10,12H2,(H,18,20)/t13-/m0/s1. The van der Waals surface area contributed by atoms with Gasteiger partial charge in [-0.15, -0.1) is 11.3 Å². The van der Waals surface area contributed by atoms with Gasteiger partial charge >= 0.3 is 0 Å². The van der Waals surface area contributed by atoms with Crippen molar-refractivity contribution >= 4 is 28.8 Å². The molecule has 0 bridgehead atoms. The molecule has 1 saturated heterocycles. The van der Waals surface area contributed by atoms with E-state index in [1.165, 1.54) is 11.3 Å². The predicted molar refractivity (Wildman–Crippen MR) is 88.0 cm³/mol. The van der Waals surface area contributed by atoms with Crippen LogP contribution >= 0.6 is 11.3 Å². The predicted octanol–water partition coefficient (Wildman–Crippen LogP) is 3.24. The summed E-state index contributed by atoms with van der Waals surface area (Å²) >= 11 is 1.45. The number of rotatable bonds is 3. The zero-order valence-corrected chi connectivity index (χ0v) is 13.0. The summed E-state index contributed by atoms with van der Waals surface area (Å²) in [6, 6.07) is 13.1. The van der Waals surface area contributed by atoms with Gasteiger partial charge in [-0.05, 0) is 36.4 Å². The second kappa shape index (κ2) is 6.75. The zero-order chi connectivity index (χ0) is 15.4. The smallest absolute Gasteiger partial charge is 0.263 e. The summed E-state index contributed by atoms with van der Waals surface area (Å²) < 4.78 is 0. The van der Waals surface area contributed by atoms with Gasteiger partial charge in [0, 0.05) is 18.8 Å². The van der Waals surface area contributed by atoms with Gasteiger partial charge in [0.1, 0.15) is 0 Å². The Hall–Kier alpha value is -2.14. The first kappa shape index (κ1) is 14.8. The minimum atomic E-state index is -0.141. The minimum Gasteiger partial charge on any atom is -0.337 e. The molecule has 1 aromatic heterocycles. The first-order chi connectivity index (χ1) is 10.7. The van der Waals surface area contributed by atoms with Crippen LogP contribution < -0.4 is 5.32 Å². The van der Waals surface area contributed by atoms with E-state index < -0.39 is 0 Å². The molecule has 114 valence electrons. The largest absolute Gasteiger partial charge is 0.337 e. The molecule has 2 aromatic rings. The maximum absolute atomic E-state index is 12.4. The molecule has 1 aliphatic rings. The highest BCUT2D eigenvalue weighted by Crippen LogP contribution is 2.21. The minimum absolute atomic E-state index is 0.00474. The van der Waals surface area contributed by atoms with Crippen LogP contribution in [0.15, 0.2) is 47.8 Å². The van der Waals surface area contributed by atoms with Crippen LogP contribution in [0.4, 0.5) is 5.69 Å². The van der Waals surface area contributed by atoms with Gasteiger partial charge in [0.2, 0.25) is 5.91 Å². The molecule has 1 aliphatic heterocycles. The fourth-order valence-corrected chi connectivity index (χ4v) is 3.39. The summed E-state index contributed by atoms with van der Waals surface area (Å²) in [5.41, 5.74) is 0.800. The molecule has 1 N–H and O–H groups in total. The molecule has 2 heterocycles. The molecule has 1 aromatic carbocycles. The Morgan fingerprint density at radius 3 is 2.68 bits per heavy atom. The van der Waals surface area contributed by atoms with E-state index in [0.717, 1.165) is 30.0 Å². The fraction of sp³-hybridized carbons (Fsp3) is 0.294. The number of hydrogen-bond acceptors (Lipinski definition) is 3. The van der Waals surface area contributed by atoms with E-state index in [9.17, 15) is 9.59 Å². The van der Waals surface area contributed by atoms with E-state index in [-0.39, 0.29) is 17.7 Å². The van der Waals surface area contributed by atoms with Gasteiger partial charge in [0.25, 0.3) is 5.91 Å². The Morgan fingerprint density at radius 2 is 1.95 bits per heavy atom. The van der Waals surface area contributed by atoms with Crippen LogP contribution in [0.1, 0.15) is 22.5 Å². The van der Waals surface area contributed by atoms with Crippen molar-refractivity contribution in [3.05, 3.63) is 52.7 Å². The van der Waals surface area contributed by atoms with E-state index in [2.05, 4.69) is 5.32 Å². The van der Waals surface area contributed by atoms with Crippen molar-refractivity contribution in [2.75, 3.05) is 18.4 Å². The average molecular weight is 314 g/mol. The van der Waals surface area contributed by atoms with E-state index in [1.807, 2.05) is 47.8 Å². The fourth-order valence-electron chi connectivity index (χ4n) is 2.70. The average Bonchev–Trinajstić information content (AvgIpc) is 3.09. The maximum atomic E-state index is 12.4. The quantitative estimate of drug-likeness (QED) is 0.945. The van der Waals surface area contributed by atoms with Crippen molar-refractivity contribution in [1.29, 1.82) is 0 Å². The first-order valence-electron chi connectivity index (χ1n) is 7.43. The number of likely N-dealkylation sites (tertiary alicyclic amines) is 1. The number of carbonyl (C=O) groups excluding carboxylic acids is 2. The van der Waals surface area contributed by atoms with Gasteiger partial charge < -0.3 is 10.2 Å². The van der Waals surface area contributed by atoms with Crippen LogP contribution in [0, 0.1) is 5.92 Å². The molecular weight excluding hydrogens is 296 g/mol. The molecule has 0 unspecified atom stereocenters. The van der Waals surface area contributed by atoms with E-state index in [4.69, 9.17) is 0 Å². The number of thiophene rings is 1. The van der Waals surface area contributed by atoms with E-state index >= 15 is 0 Å². The van der Waals surface area contributed by atoms with Crippen LogP contribution in [0.5, 0.6) is 0 Å². The maximum Gasteiger partial charge on any atom is 0.263 e. The summed E-state index contributed by atoms with van der Waals surface area (Å²) in [6.45, 7) is 1.22. The lowest BCUT2D eigenvalue weighted by atomic mass is 9.97. The van der Waals surface area contributed by atoms with Crippen molar-refractivity contribution in [2.45, 2.75) is 12.8 Å². The monoisotopic (exact) mass is 314 g/mol. The Kier molecular flexibility index (Phi) is 4.53. The number of benzene rings is 1. The van der Waals surface area contributed by atoms with Gasteiger partial charge in [-0.1, -0.05) is 24.3 Å². The van der Waals surface area contributed by atoms with E-state index in [0.29, 0.717) is 6.54 Å². The molecule has 0 aliphatic carbocycles. The van der Waals surface area contributed by atoms with Crippen LogP contribution in [-0.4, -0.2) is 29.8 Å². The molecule has 0 radical (unpaired) electrons.